The molecular formula is C9H10N4O2. The highest BCUT2D eigenvalue weighted by Gasteiger charge is 2.16. The van der Waals surface area contributed by atoms with Crippen molar-refractivity contribution >= 4 is 11.5 Å². The van der Waals surface area contributed by atoms with Crippen LogP contribution >= 0.6 is 0 Å². The molecule has 78 valence electrons. The Bertz CT molecular complexity index is 423. The molecule has 1 aromatic rings. The molecule has 1 rings (SSSR count). The van der Waals surface area contributed by atoms with Crippen LogP contribution in [-0.4, -0.2) is 15.9 Å². The summed E-state index contributed by atoms with van der Waals surface area (Å²) < 4.78 is 0. The van der Waals surface area contributed by atoms with Gasteiger partial charge in [-0.2, -0.15) is 5.26 Å². The highest BCUT2D eigenvalue weighted by molar-refractivity contribution is 5.58. The normalized spacial score (nSPS) is 9.73. The monoisotopic (exact) mass is 206 g/mol. The van der Waals surface area contributed by atoms with E-state index >= 15 is 0 Å². The minimum absolute atomic E-state index is 0.0455. The molecule has 0 spiro atoms. The largest absolute Gasteiger partial charge is 0.362 e. The maximum Gasteiger partial charge on any atom is 0.312 e. The van der Waals surface area contributed by atoms with Gasteiger partial charge in [0.1, 0.15) is 6.07 Å². The number of nitriles is 1. The summed E-state index contributed by atoms with van der Waals surface area (Å²) in [6.45, 7) is 3.70. The zero-order chi connectivity index (χ0) is 11.4. The molecular weight excluding hydrogens is 196 g/mol. The average molecular weight is 206 g/mol. The number of pyridine rings is 1. The fourth-order valence-electron chi connectivity index (χ4n) is 1.04. The summed E-state index contributed by atoms with van der Waals surface area (Å²) in [5.74, 6) is 0.189. The fourth-order valence-corrected chi connectivity index (χ4v) is 1.04. The van der Waals surface area contributed by atoms with Gasteiger partial charge in [-0.05, 0) is 13.8 Å². The third-order valence-electron chi connectivity index (χ3n) is 1.62. The molecule has 0 unspecified atom stereocenters. The van der Waals surface area contributed by atoms with E-state index in [1.807, 2.05) is 19.9 Å². The molecule has 0 atom stereocenters. The molecule has 0 saturated carbocycles. The quantitative estimate of drug-likeness (QED) is 0.600. The number of nitrogens with zero attached hydrogens (tertiary/aromatic N) is 3. The first-order chi connectivity index (χ1) is 7.04. The predicted octanol–water partition coefficient (Wildman–Crippen LogP) is 1.68. The van der Waals surface area contributed by atoms with Gasteiger partial charge in [0.2, 0.25) is 5.82 Å². The second-order valence-electron chi connectivity index (χ2n) is 3.26. The number of hydrogen-bond donors (Lipinski definition) is 1. The minimum atomic E-state index is -0.557. The molecule has 0 fully saturated rings. The van der Waals surface area contributed by atoms with Gasteiger partial charge >= 0.3 is 5.69 Å². The van der Waals surface area contributed by atoms with Crippen molar-refractivity contribution < 1.29 is 4.92 Å². The third-order valence-corrected chi connectivity index (χ3v) is 1.62. The lowest BCUT2D eigenvalue weighted by Crippen LogP contribution is -2.12. The van der Waals surface area contributed by atoms with Gasteiger partial charge in [0.15, 0.2) is 0 Å². The van der Waals surface area contributed by atoms with Crippen LogP contribution in [0.2, 0.25) is 0 Å². The summed E-state index contributed by atoms with van der Waals surface area (Å²) in [6, 6.07) is 3.06. The first-order valence-corrected chi connectivity index (χ1v) is 4.35. The number of nitrogens with one attached hydrogen (secondary N) is 1. The van der Waals surface area contributed by atoms with Crippen LogP contribution in [-0.2, 0) is 0 Å². The van der Waals surface area contributed by atoms with Crippen molar-refractivity contribution in [3.8, 4) is 6.07 Å². The van der Waals surface area contributed by atoms with E-state index in [-0.39, 0.29) is 23.1 Å². The van der Waals surface area contributed by atoms with Gasteiger partial charge in [-0.15, -0.1) is 0 Å². The van der Waals surface area contributed by atoms with E-state index in [4.69, 9.17) is 5.26 Å². The van der Waals surface area contributed by atoms with Gasteiger partial charge < -0.3 is 5.32 Å². The Labute approximate surface area is 86.7 Å². The van der Waals surface area contributed by atoms with Crippen molar-refractivity contribution in [2.24, 2.45) is 0 Å². The maximum atomic E-state index is 10.7. The van der Waals surface area contributed by atoms with Crippen molar-refractivity contribution in [2.75, 3.05) is 5.32 Å². The van der Waals surface area contributed by atoms with Crippen molar-refractivity contribution in [1.29, 1.82) is 5.26 Å². The van der Waals surface area contributed by atoms with Gasteiger partial charge in [-0.25, -0.2) is 4.98 Å². The molecule has 0 aromatic carbocycles. The number of nitro groups is 1. The van der Waals surface area contributed by atoms with Crippen molar-refractivity contribution in [3.63, 3.8) is 0 Å². The molecule has 0 aliphatic carbocycles. The summed E-state index contributed by atoms with van der Waals surface area (Å²) >= 11 is 0. The molecule has 0 bridgehead atoms. The highest BCUT2D eigenvalue weighted by Crippen LogP contribution is 2.22. The van der Waals surface area contributed by atoms with Crippen LogP contribution in [0.15, 0.2) is 12.3 Å². The van der Waals surface area contributed by atoms with Gasteiger partial charge in [0.25, 0.3) is 0 Å². The number of aromatic nitrogens is 1. The molecule has 0 saturated heterocycles. The molecule has 0 amide bonds. The third kappa shape index (κ3) is 2.64. The zero-order valence-electron chi connectivity index (χ0n) is 8.39. The summed E-state index contributed by atoms with van der Waals surface area (Å²) in [4.78, 5) is 14.0. The van der Waals surface area contributed by atoms with Gasteiger partial charge in [-0.1, -0.05) is 0 Å². The maximum absolute atomic E-state index is 10.7. The zero-order valence-corrected chi connectivity index (χ0v) is 8.39. The Hall–Kier alpha value is -2.16. The first kappa shape index (κ1) is 10.9. The van der Waals surface area contributed by atoms with Crippen LogP contribution in [0.25, 0.3) is 0 Å². The Morgan fingerprint density at radius 1 is 1.67 bits per heavy atom. The predicted molar refractivity (Wildman–Crippen MR) is 54.4 cm³/mol. The average Bonchev–Trinajstić information content (AvgIpc) is 2.17. The topological polar surface area (TPSA) is 91.8 Å². The second-order valence-corrected chi connectivity index (χ2v) is 3.26. The standard InChI is InChI=1S/C9H10N4O2/c1-6(2)12-9-8(13(14)15)3-7(4-10)5-11-9/h3,5-6H,1-2H3,(H,11,12). The summed E-state index contributed by atoms with van der Waals surface area (Å²) in [5, 5.41) is 22.1. The number of hydrogen-bond acceptors (Lipinski definition) is 5. The minimum Gasteiger partial charge on any atom is -0.362 e. The molecule has 1 heterocycles. The molecule has 15 heavy (non-hydrogen) atoms. The number of rotatable bonds is 3. The van der Waals surface area contributed by atoms with Crippen LogP contribution < -0.4 is 5.32 Å². The van der Waals surface area contributed by atoms with E-state index in [2.05, 4.69) is 10.3 Å². The van der Waals surface area contributed by atoms with E-state index < -0.39 is 4.92 Å². The van der Waals surface area contributed by atoms with Crippen molar-refractivity contribution in [1.82, 2.24) is 4.98 Å². The Kier molecular flexibility index (Phi) is 3.18. The van der Waals surface area contributed by atoms with E-state index in [1.54, 1.807) is 0 Å². The Balaban J connectivity index is 3.16. The Morgan fingerprint density at radius 2 is 2.33 bits per heavy atom. The van der Waals surface area contributed by atoms with Gasteiger partial charge in [0.05, 0.1) is 10.5 Å². The molecule has 1 N–H and O–H groups in total. The van der Waals surface area contributed by atoms with Crippen LogP contribution in [0.1, 0.15) is 19.4 Å². The van der Waals surface area contributed by atoms with Crippen LogP contribution in [0.3, 0.4) is 0 Å². The summed E-state index contributed by atoms with van der Waals surface area (Å²) in [6.07, 6.45) is 1.30. The van der Waals surface area contributed by atoms with Gasteiger partial charge in [0, 0.05) is 18.3 Å². The summed E-state index contributed by atoms with van der Waals surface area (Å²) in [5.41, 5.74) is -0.00115. The smallest absolute Gasteiger partial charge is 0.312 e. The first-order valence-electron chi connectivity index (χ1n) is 4.35. The lowest BCUT2D eigenvalue weighted by atomic mass is 10.2. The highest BCUT2D eigenvalue weighted by atomic mass is 16.6. The lowest BCUT2D eigenvalue weighted by molar-refractivity contribution is -0.384. The second kappa shape index (κ2) is 4.37. The van der Waals surface area contributed by atoms with E-state index in [0.717, 1.165) is 0 Å². The molecule has 6 heteroatoms. The van der Waals surface area contributed by atoms with Crippen LogP contribution in [0, 0.1) is 21.4 Å². The number of anilines is 1. The molecule has 6 nitrogen and oxygen atoms in total. The Morgan fingerprint density at radius 3 is 2.80 bits per heavy atom. The van der Waals surface area contributed by atoms with Gasteiger partial charge in [-0.3, -0.25) is 10.1 Å². The SMILES string of the molecule is CC(C)Nc1ncc(C#N)cc1[N+](=O)[O-]. The van der Waals surface area contributed by atoms with E-state index in [0.29, 0.717) is 0 Å². The molecule has 0 radical (unpaired) electrons. The van der Waals surface area contributed by atoms with Crippen LogP contribution in [0.4, 0.5) is 11.5 Å². The molecule has 0 aliphatic rings. The van der Waals surface area contributed by atoms with Crippen LogP contribution in [0.5, 0.6) is 0 Å². The molecule has 0 aliphatic heterocycles. The van der Waals surface area contributed by atoms with Crippen molar-refractivity contribution in [3.05, 3.63) is 27.9 Å². The fraction of sp³-hybridized carbons (Fsp3) is 0.333. The van der Waals surface area contributed by atoms with E-state index in [1.165, 1.54) is 12.3 Å². The van der Waals surface area contributed by atoms with Crippen molar-refractivity contribution in [2.45, 2.75) is 19.9 Å². The summed E-state index contributed by atoms with van der Waals surface area (Å²) in [7, 11) is 0. The molecule has 1 aromatic heterocycles. The van der Waals surface area contributed by atoms with E-state index in [9.17, 15) is 10.1 Å². The lowest BCUT2D eigenvalue weighted by Gasteiger charge is -2.08.